The Morgan fingerprint density at radius 3 is 3.03 bits per heavy atom. The van der Waals surface area contributed by atoms with Crippen LogP contribution in [0.2, 0.25) is 0 Å². The van der Waals surface area contributed by atoms with Crippen molar-refractivity contribution in [3.05, 3.63) is 35.4 Å². The number of aryl methyl sites for hydroxylation is 1. The van der Waals surface area contributed by atoms with Crippen molar-refractivity contribution in [2.24, 2.45) is 5.92 Å². The van der Waals surface area contributed by atoms with Gasteiger partial charge in [0, 0.05) is 37.0 Å². The van der Waals surface area contributed by atoms with Crippen LogP contribution in [-0.4, -0.2) is 60.6 Å². The number of amides is 1. The maximum Gasteiger partial charge on any atom is 0.407 e. The minimum atomic E-state index is -0.363. The minimum Gasteiger partial charge on any atom is -0.444 e. The molecule has 0 radical (unpaired) electrons. The zero-order chi connectivity index (χ0) is 24.0. The number of imidazole rings is 1. The van der Waals surface area contributed by atoms with Crippen LogP contribution in [-0.2, 0) is 15.9 Å². The van der Waals surface area contributed by atoms with Crippen LogP contribution in [0.4, 0.5) is 16.6 Å². The maximum atomic E-state index is 12.2. The highest BCUT2D eigenvalue weighted by Crippen LogP contribution is 2.56. The Morgan fingerprint density at radius 2 is 2.29 bits per heavy atom. The molecule has 12 heteroatoms. The molecule has 3 aliphatic carbocycles. The molecule has 0 spiro atoms. The molecule has 2 unspecified atom stereocenters. The third kappa shape index (κ3) is 3.96. The maximum absolute atomic E-state index is 12.2. The summed E-state index contributed by atoms with van der Waals surface area (Å²) in [6.07, 6.45) is 7.06. The number of H-pyrrole nitrogens is 1. The van der Waals surface area contributed by atoms with Crippen molar-refractivity contribution in [3.8, 4) is 6.07 Å². The van der Waals surface area contributed by atoms with Crippen LogP contribution < -0.4 is 10.6 Å². The van der Waals surface area contributed by atoms with Crippen LogP contribution in [0.15, 0.2) is 18.5 Å². The van der Waals surface area contributed by atoms with E-state index >= 15 is 0 Å². The number of aliphatic hydroxyl groups excluding tert-OH is 1. The van der Waals surface area contributed by atoms with Crippen molar-refractivity contribution in [2.75, 3.05) is 18.5 Å². The number of aliphatic hydroxyl groups is 1. The molecule has 2 bridgehead atoms. The summed E-state index contributed by atoms with van der Waals surface area (Å²) in [5.74, 6) is 1.77. The summed E-state index contributed by atoms with van der Waals surface area (Å²) in [7, 11) is 0. The molecule has 35 heavy (non-hydrogen) atoms. The summed E-state index contributed by atoms with van der Waals surface area (Å²) in [6, 6.07) is 4.00. The highest BCUT2D eigenvalue weighted by molar-refractivity contribution is 5.69. The fourth-order valence-electron chi connectivity index (χ4n) is 5.26. The molecule has 182 valence electrons. The second-order valence-corrected chi connectivity index (χ2v) is 9.62. The zero-order valence-corrected chi connectivity index (χ0v) is 19.0. The van der Waals surface area contributed by atoms with E-state index in [9.17, 15) is 15.2 Å². The quantitative estimate of drug-likeness (QED) is 0.380. The van der Waals surface area contributed by atoms with Gasteiger partial charge < -0.3 is 25.2 Å². The van der Waals surface area contributed by atoms with Crippen molar-refractivity contribution in [2.45, 2.75) is 56.3 Å². The van der Waals surface area contributed by atoms with Crippen LogP contribution in [0.5, 0.6) is 0 Å². The van der Waals surface area contributed by atoms with Crippen LogP contribution in [0.1, 0.15) is 55.2 Å². The van der Waals surface area contributed by atoms with Gasteiger partial charge in [-0.1, -0.05) is 0 Å². The molecule has 7 rings (SSSR count). The average molecular weight is 479 g/mol. The highest BCUT2D eigenvalue weighted by atomic mass is 16.6. The summed E-state index contributed by atoms with van der Waals surface area (Å²) in [6.45, 7) is 0.337. The van der Waals surface area contributed by atoms with Gasteiger partial charge in [0.05, 0.1) is 18.0 Å². The number of fused-ring (bicyclic) bond motifs is 1. The van der Waals surface area contributed by atoms with Gasteiger partial charge in [0.15, 0.2) is 11.5 Å². The van der Waals surface area contributed by atoms with Gasteiger partial charge >= 0.3 is 6.09 Å². The number of carbonyl (C=O) groups is 1. The standard InChI is InChI=1S/C23H26N8O4/c24-11-15-16(2-1-5-32)26-21(31-4-3-25-20(15)31)27-19-7-17(29-30-19)18-6-14(12-34-18)35-22(33)28-23-8-13(9-23)10-23/h3-4,7,13-14,18,32H,1-2,5-6,8-10,12H2,(H,28,33)(H2,26,27,29,30). The van der Waals surface area contributed by atoms with Gasteiger partial charge in [-0.25, -0.2) is 14.8 Å². The number of nitrogens with zero attached hydrogens (tertiary/aromatic N) is 5. The fourth-order valence-corrected chi connectivity index (χ4v) is 5.26. The summed E-state index contributed by atoms with van der Waals surface area (Å²) >= 11 is 0. The van der Waals surface area contributed by atoms with E-state index in [1.54, 1.807) is 16.8 Å². The molecular formula is C23H26N8O4. The number of carbonyl (C=O) groups excluding carboxylic acids is 1. The largest absolute Gasteiger partial charge is 0.444 e. The third-order valence-electron chi connectivity index (χ3n) is 7.13. The minimum absolute atomic E-state index is 0.00670. The van der Waals surface area contributed by atoms with Gasteiger partial charge in [0.1, 0.15) is 23.8 Å². The predicted molar refractivity (Wildman–Crippen MR) is 122 cm³/mol. The first kappa shape index (κ1) is 21.8. The summed E-state index contributed by atoms with van der Waals surface area (Å²) in [5.41, 5.74) is 2.19. The van der Waals surface area contributed by atoms with E-state index in [0.29, 0.717) is 54.5 Å². The first-order valence-corrected chi connectivity index (χ1v) is 11.9. The first-order chi connectivity index (χ1) is 17.1. The van der Waals surface area contributed by atoms with Gasteiger partial charge in [-0.05, 0) is 38.0 Å². The van der Waals surface area contributed by atoms with Crippen molar-refractivity contribution in [3.63, 3.8) is 0 Å². The lowest BCUT2D eigenvalue weighted by molar-refractivity contribution is -0.0510. The molecule has 4 fully saturated rings. The molecular weight excluding hydrogens is 452 g/mol. The van der Waals surface area contributed by atoms with Gasteiger partial charge in [-0.3, -0.25) is 9.50 Å². The Kier molecular flexibility index (Phi) is 5.31. The number of rotatable bonds is 8. The van der Waals surface area contributed by atoms with E-state index in [4.69, 9.17) is 9.47 Å². The van der Waals surface area contributed by atoms with E-state index < -0.39 is 0 Å². The lowest BCUT2D eigenvalue weighted by atomic mass is 9.50. The highest BCUT2D eigenvalue weighted by Gasteiger charge is 2.57. The number of nitrogens with one attached hydrogen (secondary N) is 3. The summed E-state index contributed by atoms with van der Waals surface area (Å²) in [4.78, 5) is 21.1. The summed E-state index contributed by atoms with van der Waals surface area (Å²) in [5, 5.41) is 32.3. The lowest BCUT2D eigenvalue weighted by Gasteiger charge is -2.61. The topological polar surface area (TPSA) is 162 Å². The molecule has 4 aliphatic rings. The number of ether oxygens (including phenoxy) is 2. The van der Waals surface area contributed by atoms with Gasteiger partial charge in [0.2, 0.25) is 5.95 Å². The molecule has 0 aromatic carbocycles. The number of hydrogen-bond donors (Lipinski definition) is 4. The second kappa shape index (κ2) is 8.51. The van der Waals surface area contributed by atoms with Crippen molar-refractivity contribution in [1.82, 2.24) is 29.9 Å². The molecule has 1 amide bonds. The lowest BCUT2D eigenvalue weighted by Crippen LogP contribution is -2.68. The molecule has 2 atom stereocenters. The van der Waals surface area contributed by atoms with E-state index in [1.165, 1.54) is 0 Å². The monoisotopic (exact) mass is 478 g/mol. The second-order valence-electron chi connectivity index (χ2n) is 9.62. The predicted octanol–water partition coefficient (Wildman–Crippen LogP) is 2.10. The van der Waals surface area contributed by atoms with Crippen LogP contribution in [0.25, 0.3) is 5.65 Å². The fraction of sp³-hybridized carbons (Fsp3) is 0.522. The average Bonchev–Trinajstić information content (AvgIpc) is 3.55. The van der Waals surface area contributed by atoms with E-state index in [0.717, 1.165) is 30.9 Å². The molecule has 4 N–H and O–H groups in total. The summed E-state index contributed by atoms with van der Waals surface area (Å²) < 4.78 is 13.1. The molecule has 1 aliphatic heterocycles. The van der Waals surface area contributed by atoms with Crippen LogP contribution in [0, 0.1) is 17.2 Å². The molecule has 3 saturated carbocycles. The van der Waals surface area contributed by atoms with Gasteiger partial charge in [-0.15, -0.1) is 0 Å². The number of aromatic amines is 1. The van der Waals surface area contributed by atoms with Gasteiger partial charge in [-0.2, -0.15) is 10.4 Å². The number of alkyl carbamates (subject to hydrolysis) is 1. The van der Waals surface area contributed by atoms with E-state index in [-0.39, 0.29) is 30.4 Å². The number of anilines is 2. The van der Waals surface area contributed by atoms with E-state index in [1.807, 2.05) is 6.07 Å². The Morgan fingerprint density at radius 1 is 1.43 bits per heavy atom. The Bertz CT molecular complexity index is 1290. The Balaban J connectivity index is 1.12. The van der Waals surface area contributed by atoms with Crippen molar-refractivity contribution >= 4 is 23.5 Å². The Labute approximate surface area is 200 Å². The third-order valence-corrected chi connectivity index (χ3v) is 7.13. The normalized spacial score (nSPS) is 26.6. The van der Waals surface area contributed by atoms with E-state index in [2.05, 4.69) is 36.9 Å². The van der Waals surface area contributed by atoms with Gasteiger partial charge in [0.25, 0.3) is 0 Å². The van der Waals surface area contributed by atoms with Crippen LogP contribution in [0.3, 0.4) is 0 Å². The molecule has 3 aromatic rings. The van der Waals surface area contributed by atoms with Crippen LogP contribution >= 0.6 is 0 Å². The molecule has 1 saturated heterocycles. The molecule has 3 aromatic heterocycles. The molecule has 12 nitrogen and oxygen atoms in total. The van der Waals surface area contributed by atoms with Crippen molar-refractivity contribution in [1.29, 1.82) is 5.26 Å². The molecule has 4 heterocycles. The first-order valence-electron chi connectivity index (χ1n) is 11.9. The Hall–Kier alpha value is -3.69. The van der Waals surface area contributed by atoms with Crippen molar-refractivity contribution < 1.29 is 19.4 Å². The number of hydrogen-bond acceptors (Lipinski definition) is 9. The smallest absolute Gasteiger partial charge is 0.407 e. The number of nitriles is 1. The zero-order valence-electron chi connectivity index (χ0n) is 19.0. The number of aromatic nitrogens is 5. The SMILES string of the molecule is N#Cc1c(CCCO)nc(Nc2cc(C3CC(OC(=O)NC45CC(C4)C5)CO3)[nH]n2)n2ccnc12.